The fraction of sp³-hybridized carbons (Fsp3) is 0.667. The Kier molecular flexibility index (Phi) is 2.91. The van der Waals surface area contributed by atoms with Crippen LogP contribution in [0.3, 0.4) is 0 Å². The Balaban J connectivity index is 3.99. The lowest BCUT2D eigenvalue weighted by Gasteiger charge is -2.18. The highest BCUT2D eigenvalue weighted by molar-refractivity contribution is 5.95. The van der Waals surface area contributed by atoms with Crippen molar-refractivity contribution in [3.63, 3.8) is 0 Å². The van der Waals surface area contributed by atoms with Crippen molar-refractivity contribution in [3.8, 4) is 0 Å². The smallest absolute Gasteiger partial charge is 0.0979 e. The van der Waals surface area contributed by atoms with Crippen LogP contribution >= 0.6 is 0 Å². The summed E-state index contributed by atoms with van der Waals surface area (Å²) in [4.78, 5) is 1.62. The van der Waals surface area contributed by atoms with Crippen LogP contribution in [0.15, 0.2) is 0 Å². The van der Waals surface area contributed by atoms with Gasteiger partial charge in [-0.2, -0.15) is 0 Å². The third kappa shape index (κ3) is 2.26. The van der Waals surface area contributed by atoms with Gasteiger partial charge in [-0.15, -0.1) is 0 Å². The summed E-state index contributed by atoms with van der Waals surface area (Å²) >= 11 is 0. The van der Waals surface area contributed by atoms with Crippen molar-refractivity contribution >= 4 is 11.7 Å². The van der Waals surface area contributed by atoms with Crippen LogP contribution in [0.5, 0.6) is 0 Å². The van der Waals surface area contributed by atoms with Gasteiger partial charge in [-0.3, -0.25) is 10.8 Å². The van der Waals surface area contributed by atoms with Gasteiger partial charge in [-0.1, -0.05) is 0 Å². The lowest BCUT2D eigenvalue weighted by molar-refractivity contribution is 0.626. The minimum absolute atomic E-state index is 0.435. The number of nitrogens with zero attached hydrogens (tertiary/aromatic N) is 1. The van der Waals surface area contributed by atoms with E-state index in [9.17, 15) is 0 Å². The van der Waals surface area contributed by atoms with E-state index in [2.05, 4.69) is 0 Å². The second-order valence-corrected chi connectivity index (χ2v) is 1.92. The predicted molar refractivity (Wildman–Crippen MR) is 39.2 cm³/mol. The predicted octanol–water partition coefficient (Wildman–Crippen LogP) is 1.30. The lowest BCUT2D eigenvalue weighted by Crippen LogP contribution is -2.31. The average molecular weight is 127 g/mol. The number of amidine groups is 2. The van der Waals surface area contributed by atoms with Crippen molar-refractivity contribution < 1.29 is 0 Å². The zero-order valence-electron chi connectivity index (χ0n) is 6.15. The maximum Gasteiger partial charge on any atom is 0.0979 e. The normalized spacial score (nSPS) is 8.78. The Bertz CT molecular complexity index is 114. The van der Waals surface area contributed by atoms with Crippen LogP contribution in [-0.4, -0.2) is 23.1 Å². The number of hydrogen-bond donors (Lipinski definition) is 2. The topological polar surface area (TPSA) is 50.9 Å². The Morgan fingerprint density at radius 2 is 1.56 bits per heavy atom. The summed E-state index contributed by atoms with van der Waals surface area (Å²) < 4.78 is 0. The Labute approximate surface area is 55.7 Å². The van der Waals surface area contributed by atoms with Gasteiger partial charge in [-0.25, -0.2) is 0 Å². The van der Waals surface area contributed by atoms with Crippen molar-refractivity contribution in [1.82, 2.24) is 4.90 Å². The van der Waals surface area contributed by atoms with E-state index >= 15 is 0 Å². The van der Waals surface area contributed by atoms with Gasteiger partial charge in [0.05, 0.1) is 11.7 Å². The summed E-state index contributed by atoms with van der Waals surface area (Å²) in [7, 11) is 0. The van der Waals surface area contributed by atoms with Gasteiger partial charge in [0.1, 0.15) is 0 Å². The molecule has 0 spiro atoms. The molecule has 0 heterocycles. The summed E-state index contributed by atoms with van der Waals surface area (Å²) in [6.07, 6.45) is 0. The zero-order chi connectivity index (χ0) is 7.44. The van der Waals surface area contributed by atoms with Crippen molar-refractivity contribution in [2.75, 3.05) is 6.54 Å². The van der Waals surface area contributed by atoms with Crippen LogP contribution in [0.2, 0.25) is 0 Å². The quantitative estimate of drug-likeness (QED) is 0.405. The first kappa shape index (κ1) is 8.14. The van der Waals surface area contributed by atoms with Gasteiger partial charge in [0.15, 0.2) is 0 Å². The first-order valence-corrected chi connectivity index (χ1v) is 2.97. The fourth-order valence-corrected chi connectivity index (χ4v) is 0.726. The van der Waals surface area contributed by atoms with Gasteiger partial charge in [0.25, 0.3) is 0 Å². The molecule has 2 N–H and O–H groups in total. The summed E-state index contributed by atoms with van der Waals surface area (Å²) in [6.45, 7) is 6.00. The molecule has 0 radical (unpaired) electrons. The second kappa shape index (κ2) is 3.22. The van der Waals surface area contributed by atoms with E-state index in [0.717, 1.165) is 0 Å². The third-order valence-corrected chi connectivity index (χ3v) is 1.13. The van der Waals surface area contributed by atoms with Gasteiger partial charge in [0, 0.05) is 6.54 Å². The van der Waals surface area contributed by atoms with E-state index in [1.165, 1.54) is 0 Å². The molecule has 0 aliphatic carbocycles. The summed E-state index contributed by atoms with van der Waals surface area (Å²) in [6, 6.07) is 0. The van der Waals surface area contributed by atoms with Crippen LogP contribution in [0, 0.1) is 10.8 Å². The molecule has 0 rings (SSSR count). The molecule has 0 fully saturated rings. The molecule has 9 heavy (non-hydrogen) atoms. The molecule has 0 atom stereocenters. The largest absolute Gasteiger partial charge is 0.320 e. The van der Waals surface area contributed by atoms with Crippen LogP contribution in [0.4, 0.5) is 0 Å². The number of hydrogen-bond acceptors (Lipinski definition) is 2. The molecule has 0 aromatic rings. The standard InChI is InChI=1S/C6H13N3/c1-4-9(5(2)7)6(3)8/h7-8H,4H2,1-3H3. The molecule has 0 bridgehead atoms. The van der Waals surface area contributed by atoms with Crippen LogP contribution < -0.4 is 0 Å². The van der Waals surface area contributed by atoms with Crippen LogP contribution in [0.25, 0.3) is 0 Å². The highest BCUT2D eigenvalue weighted by Gasteiger charge is 2.02. The van der Waals surface area contributed by atoms with E-state index in [0.29, 0.717) is 18.2 Å². The van der Waals surface area contributed by atoms with Gasteiger partial charge >= 0.3 is 0 Å². The van der Waals surface area contributed by atoms with E-state index in [1.807, 2.05) is 6.92 Å². The maximum atomic E-state index is 7.17. The molecular weight excluding hydrogens is 114 g/mol. The van der Waals surface area contributed by atoms with E-state index < -0.39 is 0 Å². The number of rotatable bonds is 1. The van der Waals surface area contributed by atoms with Gasteiger partial charge < -0.3 is 4.90 Å². The Morgan fingerprint density at radius 1 is 1.22 bits per heavy atom. The Morgan fingerprint density at radius 3 is 1.56 bits per heavy atom. The zero-order valence-corrected chi connectivity index (χ0v) is 6.15. The Hall–Kier alpha value is -0.860. The van der Waals surface area contributed by atoms with E-state index in [-0.39, 0.29) is 0 Å². The molecule has 52 valence electrons. The SMILES string of the molecule is CCN(C(C)=N)C(C)=N. The van der Waals surface area contributed by atoms with Crippen LogP contribution in [0.1, 0.15) is 20.8 Å². The molecule has 3 heteroatoms. The molecule has 0 aliphatic rings. The summed E-state index contributed by atoms with van der Waals surface area (Å²) in [5.74, 6) is 0.870. The molecule has 0 unspecified atom stereocenters. The van der Waals surface area contributed by atoms with Gasteiger partial charge in [-0.05, 0) is 20.8 Å². The molecule has 0 aromatic carbocycles. The molecule has 0 aliphatic heterocycles. The highest BCUT2D eigenvalue weighted by atomic mass is 15.2. The molecule has 0 aromatic heterocycles. The maximum absolute atomic E-state index is 7.17. The molecule has 0 amide bonds. The summed E-state index contributed by atoms with van der Waals surface area (Å²) in [5.41, 5.74) is 0. The minimum Gasteiger partial charge on any atom is -0.320 e. The monoisotopic (exact) mass is 127 g/mol. The first-order valence-electron chi connectivity index (χ1n) is 2.97. The van der Waals surface area contributed by atoms with Crippen molar-refractivity contribution in [1.29, 1.82) is 10.8 Å². The summed E-state index contributed by atoms with van der Waals surface area (Å²) in [5, 5.41) is 14.3. The van der Waals surface area contributed by atoms with Crippen molar-refractivity contribution in [2.24, 2.45) is 0 Å². The molecule has 0 saturated heterocycles. The fourth-order valence-electron chi connectivity index (χ4n) is 0.726. The second-order valence-electron chi connectivity index (χ2n) is 1.92. The lowest BCUT2D eigenvalue weighted by atomic mass is 10.4. The minimum atomic E-state index is 0.435. The molecular formula is C6H13N3. The first-order chi connectivity index (χ1) is 4.09. The highest BCUT2D eigenvalue weighted by Crippen LogP contribution is 1.88. The third-order valence-electron chi connectivity index (χ3n) is 1.13. The van der Waals surface area contributed by atoms with E-state index in [4.69, 9.17) is 10.8 Å². The van der Waals surface area contributed by atoms with Crippen LogP contribution in [-0.2, 0) is 0 Å². The van der Waals surface area contributed by atoms with Crippen molar-refractivity contribution in [2.45, 2.75) is 20.8 Å². The van der Waals surface area contributed by atoms with E-state index in [1.54, 1.807) is 18.7 Å². The molecule has 0 saturated carbocycles. The van der Waals surface area contributed by atoms with Crippen molar-refractivity contribution in [3.05, 3.63) is 0 Å². The van der Waals surface area contributed by atoms with Gasteiger partial charge in [0.2, 0.25) is 0 Å². The molecule has 3 nitrogen and oxygen atoms in total. The number of nitrogens with one attached hydrogen (secondary N) is 2. The average Bonchev–Trinajstić information content (AvgIpc) is 1.64.